The Bertz CT molecular complexity index is 285. The zero-order chi connectivity index (χ0) is 15.4. The molecule has 0 amide bonds. The Morgan fingerprint density at radius 2 is 1.65 bits per heavy atom. The summed E-state index contributed by atoms with van der Waals surface area (Å²) in [6.45, 7) is 2.52. The van der Waals surface area contributed by atoms with E-state index in [2.05, 4.69) is 0 Å². The van der Waals surface area contributed by atoms with E-state index >= 15 is 0 Å². The first kappa shape index (κ1) is 17.7. The summed E-state index contributed by atoms with van der Waals surface area (Å²) in [6.07, 6.45) is -8.59. The van der Waals surface area contributed by atoms with Crippen LogP contribution in [0.25, 0.3) is 0 Å². The highest BCUT2D eigenvalue weighted by Gasteiger charge is 2.44. The van der Waals surface area contributed by atoms with Gasteiger partial charge in [0.25, 0.3) is 0 Å². The van der Waals surface area contributed by atoms with Crippen molar-refractivity contribution in [3.8, 4) is 0 Å². The molecule has 0 aromatic carbocycles. The van der Waals surface area contributed by atoms with Gasteiger partial charge in [0.05, 0.1) is 25.4 Å². The van der Waals surface area contributed by atoms with Crippen LogP contribution in [0.1, 0.15) is 13.8 Å². The molecule has 1 saturated heterocycles. The SMILES string of the molecule is CC(O)C(O)C(C)COC1OC(CO)C(O)C(O)C1O. The van der Waals surface area contributed by atoms with Crippen LogP contribution >= 0.6 is 0 Å². The maximum absolute atomic E-state index is 9.73. The van der Waals surface area contributed by atoms with Crippen LogP contribution in [0.2, 0.25) is 0 Å². The molecule has 20 heavy (non-hydrogen) atoms. The molecule has 8 nitrogen and oxygen atoms in total. The molecule has 8 heteroatoms. The minimum Gasteiger partial charge on any atom is -0.394 e. The van der Waals surface area contributed by atoms with Gasteiger partial charge >= 0.3 is 0 Å². The molecular formula is C12H24O8. The van der Waals surface area contributed by atoms with Crippen molar-refractivity contribution in [3.05, 3.63) is 0 Å². The van der Waals surface area contributed by atoms with Gasteiger partial charge in [-0.3, -0.25) is 0 Å². The molecule has 1 rings (SSSR count). The third kappa shape index (κ3) is 4.09. The Morgan fingerprint density at radius 1 is 1.05 bits per heavy atom. The summed E-state index contributed by atoms with van der Waals surface area (Å²) in [5, 5.41) is 56.8. The predicted molar refractivity (Wildman–Crippen MR) is 66.6 cm³/mol. The quantitative estimate of drug-likeness (QED) is 0.308. The van der Waals surface area contributed by atoms with Crippen molar-refractivity contribution in [1.29, 1.82) is 0 Å². The minimum atomic E-state index is -1.50. The van der Waals surface area contributed by atoms with Crippen molar-refractivity contribution in [2.45, 2.75) is 56.8 Å². The molecular weight excluding hydrogens is 272 g/mol. The molecule has 0 bridgehead atoms. The van der Waals surface area contributed by atoms with Crippen molar-refractivity contribution in [2.75, 3.05) is 13.2 Å². The van der Waals surface area contributed by atoms with Crippen LogP contribution in [-0.2, 0) is 9.47 Å². The molecule has 8 unspecified atom stereocenters. The lowest BCUT2D eigenvalue weighted by Crippen LogP contribution is -2.59. The fourth-order valence-corrected chi connectivity index (χ4v) is 2.03. The molecule has 8 atom stereocenters. The first-order valence-electron chi connectivity index (χ1n) is 6.57. The van der Waals surface area contributed by atoms with Gasteiger partial charge in [-0.15, -0.1) is 0 Å². The van der Waals surface area contributed by atoms with Crippen LogP contribution in [-0.4, -0.2) is 86.8 Å². The molecule has 120 valence electrons. The Balaban J connectivity index is 2.54. The smallest absolute Gasteiger partial charge is 0.186 e. The van der Waals surface area contributed by atoms with E-state index in [9.17, 15) is 25.5 Å². The van der Waals surface area contributed by atoms with Gasteiger partial charge in [0, 0.05) is 5.92 Å². The summed E-state index contributed by atoms with van der Waals surface area (Å²) < 4.78 is 10.4. The average molecular weight is 296 g/mol. The maximum Gasteiger partial charge on any atom is 0.186 e. The number of aliphatic hydroxyl groups is 6. The number of hydrogen-bond acceptors (Lipinski definition) is 8. The molecule has 1 aliphatic heterocycles. The van der Waals surface area contributed by atoms with Crippen molar-refractivity contribution in [1.82, 2.24) is 0 Å². The Hall–Kier alpha value is -0.320. The van der Waals surface area contributed by atoms with Crippen LogP contribution in [0.4, 0.5) is 0 Å². The first-order chi connectivity index (χ1) is 9.29. The van der Waals surface area contributed by atoms with Gasteiger partial charge in [0.15, 0.2) is 6.29 Å². The van der Waals surface area contributed by atoms with Crippen molar-refractivity contribution in [2.24, 2.45) is 5.92 Å². The minimum absolute atomic E-state index is 0.0330. The topological polar surface area (TPSA) is 140 Å². The highest BCUT2D eigenvalue weighted by molar-refractivity contribution is 4.89. The van der Waals surface area contributed by atoms with Crippen LogP contribution in [0.3, 0.4) is 0 Å². The number of ether oxygens (including phenoxy) is 2. The third-order valence-corrected chi connectivity index (χ3v) is 3.45. The van der Waals surface area contributed by atoms with E-state index < -0.39 is 55.4 Å². The van der Waals surface area contributed by atoms with Gasteiger partial charge in [-0.1, -0.05) is 6.92 Å². The van der Waals surface area contributed by atoms with Crippen molar-refractivity contribution >= 4 is 0 Å². The van der Waals surface area contributed by atoms with Gasteiger partial charge in [-0.05, 0) is 6.92 Å². The van der Waals surface area contributed by atoms with Crippen LogP contribution < -0.4 is 0 Å². The molecule has 1 aliphatic rings. The Labute approximate surface area is 117 Å². The molecule has 0 aliphatic carbocycles. The lowest BCUT2D eigenvalue weighted by molar-refractivity contribution is -0.304. The summed E-state index contributed by atoms with van der Waals surface area (Å²) in [4.78, 5) is 0. The largest absolute Gasteiger partial charge is 0.394 e. The number of aliphatic hydroxyl groups excluding tert-OH is 6. The number of rotatable bonds is 6. The second kappa shape index (κ2) is 7.62. The van der Waals surface area contributed by atoms with Crippen LogP contribution in [0.15, 0.2) is 0 Å². The van der Waals surface area contributed by atoms with Gasteiger partial charge in [0.2, 0.25) is 0 Å². The van der Waals surface area contributed by atoms with E-state index in [4.69, 9.17) is 14.6 Å². The Morgan fingerprint density at radius 3 is 2.15 bits per heavy atom. The maximum atomic E-state index is 9.73. The van der Waals surface area contributed by atoms with E-state index in [0.717, 1.165) is 0 Å². The highest BCUT2D eigenvalue weighted by Crippen LogP contribution is 2.22. The second-order valence-corrected chi connectivity index (χ2v) is 5.24. The normalized spacial score (nSPS) is 39.3. The average Bonchev–Trinajstić information content (AvgIpc) is 2.42. The van der Waals surface area contributed by atoms with Crippen LogP contribution in [0.5, 0.6) is 0 Å². The monoisotopic (exact) mass is 296 g/mol. The summed E-state index contributed by atoms with van der Waals surface area (Å²) in [6, 6.07) is 0. The summed E-state index contributed by atoms with van der Waals surface area (Å²) in [5.74, 6) is -0.428. The molecule has 0 aromatic heterocycles. The molecule has 0 saturated carbocycles. The van der Waals surface area contributed by atoms with E-state index in [1.807, 2.05) is 0 Å². The Kier molecular flexibility index (Phi) is 6.76. The second-order valence-electron chi connectivity index (χ2n) is 5.24. The zero-order valence-corrected chi connectivity index (χ0v) is 11.5. The van der Waals surface area contributed by atoms with Gasteiger partial charge < -0.3 is 40.1 Å². The standard InChI is InChI=1S/C12H24O8/c1-5(8(15)6(2)14)4-19-12-11(18)10(17)9(16)7(3-13)20-12/h5-18H,3-4H2,1-2H3. The van der Waals surface area contributed by atoms with Gasteiger partial charge in [0.1, 0.15) is 24.4 Å². The molecule has 0 aromatic rings. The van der Waals surface area contributed by atoms with Crippen LogP contribution in [0, 0.1) is 5.92 Å². The lowest BCUT2D eigenvalue weighted by Gasteiger charge is -2.40. The molecule has 1 fully saturated rings. The van der Waals surface area contributed by atoms with Crippen molar-refractivity contribution < 1.29 is 40.1 Å². The predicted octanol–water partition coefficient (Wildman–Crippen LogP) is -2.82. The summed E-state index contributed by atoms with van der Waals surface area (Å²) in [5.41, 5.74) is 0. The zero-order valence-electron chi connectivity index (χ0n) is 11.5. The molecule has 0 spiro atoms. The summed E-state index contributed by atoms with van der Waals surface area (Å²) >= 11 is 0. The van der Waals surface area contributed by atoms with Gasteiger partial charge in [-0.2, -0.15) is 0 Å². The lowest BCUT2D eigenvalue weighted by atomic mass is 9.99. The third-order valence-electron chi connectivity index (χ3n) is 3.45. The molecule has 1 heterocycles. The van der Waals surface area contributed by atoms with E-state index in [-0.39, 0.29) is 6.61 Å². The molecule has 0 radical (unpaired) electrons. The highest BCUT2D eigenvalue weighted by atomic mass is 16.7. The first-order valence-corrected chi connectivity index (χ1v) is 6.57. The fraction of sp³-hybridized carbons (Fsp3) is 1.00. The van der Waals surface area contributed by atoms with E-state index in [1.165, 1.54) is 6.92 Å². The van der Waals surface area contributed by atoms with Crippen molar-refractivity contribution in [3.63, 3.8) is 0 Å². The number of hydrogen-bond donors (Lipinski definition) is 6. The van der Waals surface area contributed by atoms with E-state index in [0.29, 0.717) is 0 Å². The molecule has 6 N–H and O–H groups in total. The summed E-state index contributed by atoms with van der Waals surface area (Å²) in [7, 11) is 0. The fourth-order valence-electron chi connectivity index (χ4n) is 2.03. The van der Waals surface area contributed by atoms with E-state index in [1.54, 1.807) is 6.92 Å². The van der Waals surface area contributed by atoms with Gasteiger partial charge in [-0.25, -0.2) is 0 Å².